The topological polar surface area (TPSA) is 3.24 Å². The first-order valence-corrected chi connectivity index (χ1v) is 10.7. The molecular formula is C26H28ClF2N. The summed E-state index contributed by atoms with van der Waals surface area (Å²) in [5.41, 5.74) is 3.70. The molecular weight excluding hydrogens is 400 g/mol. The van der Waals surface area contributed by atoms with Gasteiger partial charge in [-0.2, -0.15) is 0 Å². The first-order valence-electron chi connectivity index (χ1n) is 10.3. The van der Waals surface area contributed by atoms with Gasteiger partial charge < -0.3 is 0 Å². The molecule has 0 aliphatic heterocycles. The molecule has 0 aliphatic rings. The summed E-state index contributed by atoms with van der Waals surface area (Å²) < 4.78 is 28.0. The Kier molecular flexibility index (Phi) is 7.27. The maximum absolute atomic E-state index is 14.0. The fraction of sp³-hybridized carbons (Fsp3) is 0.308. The van der Waals surface area contributed by atoms with Crippen molar-refractivity contribution < 1.29 is 8.78 Å². The molecule has 30 heavy (non-hydrogen) atoms. The van der Waals surface area contributed by atoms with Crippen LogP contribution < -0.4 is 0 Å². The fourth-order valence-electron chi connectivity index (χ4n) is 3.96. The third kappa shape index (κ3) is 5.47. The Hall–Kier alpha value is -2.23. The summed E-state index contributed by atoms with van der Waals surface area (Å²) in [6.45, 7) is 9.65. The Bertz CT molecular complexity index is 937. The van der Waals surface area contributed by atoms with Gasteiger partial charge in [0.2, 0.25) is 0 Å². The number of rotatable bonds is 7. The number of hydrogen-bond acceptors (Lipinski definition) is 1. The molecule has 4 heteroatoms. The number of halogens is 3. The van der Waals surface area contributed by atoms with E-state index in [0.717, 1.165) is 23.7 Å². The van der Waals surface area contributed by atoms with Crippen LogP contribution in [0.5, 0.6) is 0 Å². The van der Waals surface area contributed by atoms with Gasteiger partial charge in [0.05, 0.1) is 0 Å². The van der Waals surface area contributed by atoms with Gasteiger partial charge in [-0.1, -0.05) is 48.0 Å². The quantitative estimate of drug-likeness (QED) is 0.354. The minimum atomic E-state index is -0.579. The van der Waals surface area contributed by atoms with Crippen LogP contribution >= 0.6 is 11.6 Å². The number of hydrogen-bond donors (Lipinski definition) is 0. The van der Waals surface area contributed by atoms with Crippen molar-refractivity contribution in [2.24, 2.45) is 0 Å². The fourth-order valence-corrected chi connectivity index (χ4v) is 4.09. The van der Waals surface area contributed by atoms with E-state index in [4.69, 9.17) is 11.6 Å². The van der Waals surface area contributed by atoms with Crippen molar-refractivity contribution in [3.8, 4) is 0 Å². The monoisotopic (exact) mass is 427 g/mol. The Morgan fingerprint density at radius 2 is 1.17 bits per heavy atom. The zero-order valence-corrected chi connectivity index (χ0v) is 18.6. The van der Waals surface area contributed by atoms with Crippen LogP contribution in [0.2, 0.25) is 5.02 Å². The van der Waals surface area contributed by atoms with Gasteiger partial charge in [0.1, 0.15) is 11.6 Å². The minimum Gasteiger partial charge on any atom is -0.294 e. The van der Waals surface area contributed by atoms with Crippen LogP contribution in [0, 0.1) is 11.6 Å². The van der Waals surface area contributed by atoms with Gasteiger partial charge in [-0.05, 0) is 74.2 Å². The molecule has 1 atom stereocenters. The second-order valence-electron chi connectivity index (χ2n) is 8.29. The van der Waals surface area contributed by atoms with Crippen molar-refractivity contribution in [1.29, 1.82) is 0 Å². The first kappa shape index (κ1) is 22.5. The summed E-state index contributed by atoms with van der Waals surface area (Å²) in [5.74, 6) is -1.44. The normalized spacial score (nSPS) is 12.7. The molecule has 3 aromatic rings. The maximum Gasteiger partial charge on any atom is 0.126 e. The van der Waals surface area contributed by atoms with E-state index in [0.29, 0.717) is 22.7 Å². The number of benzene rings is 3. The van der Waals surface area contributed by atoms with Crippen LogP contribution in [0.25, 0.3) is 0 Å². The highest BCUT2D eigenvalue weighted by Crippen LogP contribution is 2.33. The van der Waals surface area contributed by atoms with E-state index < -0.39 is 11.6 Å². The first-order chi connectivity index (χ1) is 14.2. The molecule has 1 nitrogen and oxygen atoms in total. The van der Waals surface area contributed by atoms with Crippen LogP contribution in [-0.4, -0.2) is 17.0 Å². The zero-order valence-electron chi connectivity index (χ0n) is 17.9. The summed E-state index contributed by atoms with van der Waals surface area (Å²) in [7, 11) is 0. The molecule has 3 rings (SSSR count). The van der Waals surface area contributed by atoms with Crippen LogP contribution in [0.4, 0.5) is 8.78 Å². The van der Waals surface area contributed by atoms with Crippen molar-refractivity contribution in [1.82, 2.24) is 4.90 Å². The highest BCUT2D eigenvalue weighted by Gasteiger charge is 2.19. The van der Waals surface area contributed by atoms with E-state index in [1.54, 1.807) is 12.1 Å². The van der Waals surface area contributed by atoms with E-state index in [2.05, 4.69) is 56.9 Å². The van der Waals surface area contributed by atoms with Crippen LogP contribution in [-0.2, 0) is 6.54 Å². The second-order valence-corrected chi connectivity index (χ2v) is 8.73. The summed E-state index contributed by atoms with van der Waals surface area (Å²) in [4.78, 5) is 2.42. The molecule has 158 valence electrons. The van der Waals surface area contributed by atoms with Crippen LogP contribution in [0.15, 0.2) is 66.7 Å². The molecule has 0 heterocycles. The van der Waals surface area contributed by atoms with E-state index in [1.165, 1.54) is 17.7 Å². The third-order valence-electron chi connectivity index (χ3n) is 5.43. The predicted octanol–water partition coefficient (Wildman–Crippen LogP) is 7.42. The van der Waals surface area contributed by atoms with Crippen molar-refractivity contribution in [3.63, 3.8) is 0 Å². The number of nitrogens with zero attached hydrogens (tertiary/aromatic N) is 1. The lowest BCUT2D eigenvalue weighted by Crippen LogP contribution is -2.36. The molecule has 0 amide bonds. The Labute approximate surface area is 183 Å². The van der Waals surface area contributed by atoms with Gasteiger partial charge in [-0.3, -0.25) is 4.90 Å². The van der Waals surface area contributed by atoms with Gasteiger partial charge in [0.25, 0.3) is 0 Å². The second kappa shape index (κ2) is 9.72. The van der Waals surface area contributed by atoms with Gasteiger partial charge in [-0.15, -0.1) is 0 Å². The summed E-state index contributed by atoms with van der Waals surface area (Å²) >= 11 is 6.05. The molecule has 0 radical (unpaired) electrons. The highest BCUT2D eigenvalue weighted by molar-refractivity contribution is 6.30. The molecule has 0 bridgehead atoms. The standard InChI is InChI=1S/C26H28ClF2N/c1-17(2)30(18(3)4)16-19-5-7-20(8-6-19)26(21-9-11-23(27)12-10-21)22-13-24(28)15-25(29)14-22/h5-15,17-18,26H,16H2,1-4H3. The van der Waals surface area contributed by atoms with E-state index >= 15 is 0 Å². The molecule has 0 aliphatic carbocycles. The molecule has 0 saturated heterocycles. The lowest BCUT2D eigenvalue weighted by molar-refractivity contribution is 0.166. The third-order valence-corrected chi connectivity index (χ3v) is 5.68. The van der Waals surface area contributed by atoms with E-state index in [-0.39, 0.29) is 5.92 Å². The summed E-state index contributed by atoms with van der Waals surface area (Å²) in [6, 6.07) is 20.3. The van der Waals surface area contributed by atoms with Gasteiger partial charge in [0.15, 0.2) is 0 Å². The lowest BCUT2D eigenvalue weighted by atomic mass is 9.84. The van der Waals surface area contributed by atoms with Crippen LogP contribution in [0.1, 0.15) is 55.9 Å². The van der Waals surface area contributed by atoms with E-state index in [1.807, 2.05) is 12.1 Å². The SMILES string of the molecule is CC(C)N(Cc1ccc(C(c2ccc(Cl)cc2)c2cc(F)cc(F)c2)cc1)C(C)C. The summed E-state index contributed by atoms with van der Waals surface area (Å²) in [6.07, 6.45) is 0. The highest BCUT2D eigenvalue weighted by atomic mass is 35.5. The predicted molar refractivity (Wildman–Crippen MR) is 121 cm³/mol. The van der Waals surface area contributed by atoms with E-state index in [9.17, 15) is 8.78 Å². The smallest absolute Gasteiger partial charge is 0.126 e. The van der Waals surface area contributed by atoms with Crippen molar-refractivity contribution >= 4 is 11.6 Å². The summed E-state index contributed by atoms with van der Waals surface area (Å²) in [5, 5.41) is 0.626. The van der Waals surface area contributed by atoms with Gasteiger partial charge >= 0.3 is 0 Å². The molecule has 0 saturated carbocycles. The molecule has 0 fully saturated rings. The van der Waals surface area contributed by atoms with Crippen molar-refractivity contribution in [2.45, 2.75) is 52.2 Å². The van der Waals surface area contributed by atoms with Crippen LogP contribution in [0.3, 0.4) is 0 Å². The Morgan fingerprint density at radius 1 is 0.700 bits per heavy atom. The lowest BCUT2D eigenvalue weighted by Gasteiger charge is -2.30. The Morgan fingerprint density at radius 3 is 1.63 bits per heavy atom. The molecule has 3 aromatic carbocycles. The average molecular weight is 428 g/mol. The molecule has 0 spiro atoms. The Balaban J connectivity index is 1.98. The molecule has 1 unspecified atom stereocenters. The van der Waals surface area contributed by atoms with Gasteiger partial charge in [-0.25, -0.2) is 8.78 Å². The van der Waals surface area contributed by atoms with Gasteiger partial charge in [0, 0.05) is 35.6 Å². The zero-order chi connectivity index (χ0) is 21.8. The largest absolute Gasteiger partial charge is 0.294 e. The minimum absolute atomic E-state index is 0.284. The molecule has 0 aromatic heterocycles. The van der Waals surface area contributed by atoms with Crippen molar-refractivity contribution in [3.05, 3.63) is 106 Å². The molecule has 0 N–H and O–H groups in total. The average Bonchev–Trinajstić information content (AvgIpc) is 2.67. The maximum atomic E-state index is 14.0. The van der Waals surface area contributed by atoms with Crippen molar-refractivity contribution in [2.75, 3.05) is 0 Å².